The fourth-order valence-electron chi connectivity index (χ4n) is 3.69. The van der Waals surface area contributed by atoms with E-state index in [-0.39, 0.29) is 18.9 Å². The normalized spacial score (nSPS) is 11.4. The first-order valence-electron chi connectivity index (χ1n) is 10.6. The van der Waals surface area contributed by atoms with Crippen LogP contribution in [-0.2, 0) is 22.8 Å². The van der Waals surface area contributed by atoms with E-state index < -0.39 is 29.1 Å². The Morgan fingerprint density at radius 2 is 1.92 bits per heavy atom. The topological polar surface area (TPSA) is 106 Å². The molecule has 37 heavy (non-hydrogen) atoms. The van der Waals surface area contributed by atoms with Crippen LogP contribution in [0.25, 0.3) is 27.9 Å². The van der Waals surface area contributed by atoms with E-state index >= 15 is 0 Å². The molecule has 2 heterocycles. The Labute approximate surface area is 206 Å². The van der Waals surface area contributed by atoms with Gasteiger partial charge in [0.05, 0.1) is 11.1 Å². The van der Waals surface area contributed by atoms with Crippen LogP contribution in [0.2, 0.25) is 0 Å². The number of alkyl halides is 3. The van der Waals surface area contributed by atoms with Crippen molar-refractivity contribution in [3.05, 3.63) is 74.6 Å². The molecular weight excluding hydrogens is 495 g/mol. The van der Waals surface area contributed by atoms with Crippen LogP contribution in [0, 0.1) is 19.3 Å². The molecule has 0 saturated carbocycles. The second-order valence-corrected chi connectivity index (χ2v) is 7.88. The van der Waals surface area contributed by atoms with Gasteiger partial charge in [0.1, 0.15) is 17.1 Å². The molecule has 4 aromatic rings. The number of hydrogen-bond acceptors (Lipinski definition) is 7. The standard InChI is InChI=1S/C25H18F3N3O6/c1-4-9-35-22(33)13-36-16-6-7-17(14(2)10-16)23-18-11-15(5-8-19(18)37-29-23)31-21(32)12-20(25(26,27)28)30(3)24(31)34/h1,5-8,10-12H,9,13H2,2-3H3. The summed E-state index contributed by atoms with van der Waals surface area (Å²) in [6.07, 6.45) is 0.168. The number of aromatic nitrogens is 3. The van der Waals surface area contributed by atoms with Crippen LogP contribution < -0.4 is 16.0 Å². The zero-order chi connectivity index (χ0) is 26.9. The number of benzene rings is 2. The summed E-state index contributed by atoms with van der Waals surface area (Å²) in [7, 11) is 0.937. The third-order valence-corrected chi connectivity index (χ3v) is 5.45. The van der Waals surface area contributed by atoms with Crippen LogP contribution in [0.1, 0.15) is 11.3 Å². The molecule has 0 amide bonds. The number of esters is 1. The van der Waals surface area contributed by atoms with E-state index in [0.29, 0.717) is 48.7 Å². The predicted molar refractivity (Wildman–Crippen MR) is 125 cm³/mol. The van der Waals surface area contributed by atoms with Gasteiger partial charge in [-0.25, -0.2) is 14.2 Å². The molecule has 2 aromatic heterocycles. The number of hydrogen-bond donors (Lipinski definition) is 0. The number of fused-ring (bicyclic) bond motifs is 1. The van der Waals surface area contributed by atoms with Gasteiger partial charge in [-0.2, -0.15) is 13.2 Å². The van der Waals surface area contributed by atoms with Crippen molar-refractivity contribution in [2.45, 2.75) is 13.1 Å². The molecule has 12 heteroatoms. The quantitative estimate of drug-likeness (QED) is 0.288. The highest BCUT2D eigenvalue weighted by molar-refractivity contribution is 5.93. The average molecular weight is 513 g/mol. The van der Waals surface area contributed by atoms with E-state index in [9.17, 15) is 27.6 Å². The van der Waals surface area contributed by atoms with Gasteiger partial charge in [0.2, 0.25) is 0 Å². The Morgan fingerprint density at radius 3 is 2.59 bits per heavy atom. The fraction of sp³-hybridized carbons (Fsp3) is 0.200. The van der Waals surface area contributed by atoms with Gasteiger partial charge in [-0.05, 0) is 48.9 Å². The highest BCUT2D eigenvalue weighted by atomic mass is 19.4. The molecule has 0 aliphatic heterocycles. The fourth-order valence-corrected chi connectivity index (χ4v) is 3.69. The number of rotatable bonds is 6. The summed E-state index contributed by atoms with van der Waals surface area (Å²) >= 11 is 0. The van der Waals surface area contributed by atoms with Crippen molar-refractivity contribution in [2.24, 2.45) is 7.05 Å². The molecule has 0 radical (unpaired) electrons. The van der Waals surface area contributed by atoms with E-state index in [1.54, 1.807) is 25.1 Å². The van der Waals surface area contributed by atoms with Crippen LogP contribution in [0.5, 0.6) is 5.75 Å². The van der Waals surface area contributed by atoms with Crippen LogP contribution in [0.4, 0.5) is 13.2 Å². The smallest absolute Gasteiger partial charge is 0.431 e. The number of nitrogens with zero attached hydrogens (tertiary/aromatic N) is 3. The first-order chi connectivity index (χ1) is 17.5. The van der Waals surface area contributed by atoms with Crippen molar-refractivity contribution >= 4 is 16.9 Å². The second kappa shape index (κ2) is 9.69. The largest absolute Gasteiger partial charge is 0.482 e. The molecule has 0 bridgehead atoms. The zero-order valence-electron chi connectivity index (χ0n) is 19.5. The summed E-state index contributed by atoms with van der Waals surface area (Å²) in [4.78, 5) is 36.8. The van der Waals surface area contributed by atoms with Crippen molar-refractivity contribution in [3.63, 3.8) is 0 Å². The SMILES string of the molecule is C#CCOC(=O)COc1ccc(-c2noc3ccc(-n4c(=O)cc(C(F)(F)F)n(C)c4=O)cc23)c(C)c1. The van der Waals surface area contributed by atoms with E-state index in [4.69, 9.17) is 20.4 Å². The van der Waals surface area contributed by atoms with Gasteiger partial charge >= 0.3 is 17.8 Å². The van der Waals surface area contributed by atoms with E-state index in [1.807, 2.05) is 0 Å². The number of terminal acetylenes is 1. The molecule has 0 aliphatic carbocycles. The number of ether oxygens (including phenoxy) is 2. The minimum atomic E-state index is -4.87. The molecule has 0 aliphatic rings. The Balaban J connectivity index is 1.71. The molecule has 0 saturated heterocycles. The van der Waals surface area contributed by atoms with Gasteiger partial charge in [-0.3, -0.25) is 9.36 Å². The number of carbonyl (C=O) groups is 1. The summed E-state index contributed by atoms with van der Waals surface area (Å²) < 4.78 is 56.1. The van der Waals surface area contributed by atoms with E-state index in [1.165, 1.54) is 18.2 Å². The van der Waals surface area contributed by atoms with Gasteiger partial charge in [0, 0.05) is 18.7 Å². The molecule has 0 spiro atoms. The van der Waals surface area contributed by atoms with Gasteiger partial charge < -0.3 is 14.0 Å². The molecule has 0 fully saturated rings. The van der Waals surface area contributed by atoms with E-state index in [2.05, 4.69) is 11.1 Å². The third-order valence-electron chi connectivity index (χ3n) is 5.45. The Hall–Kier alpha value is -4.79. The maximum absolute atomic E-state index is 13.2. The van der Waals surface area contributed by atoms with Gasteiger partial charge in [0.25, 0.3) is 5.56 Å². The maximum Gasteiger partial charge on any atom is 0.431 e. The molecule has 2 aromatic carbocycles. The minimum Gasteiger partial charge on any atom is -0.482 e. The maximum atomic E-state index is 13.2. The van der Waals surface area contributed by atoms with Gasteiger partial charge in [-0.15, -0.1) is 6.42 Å². The number of carbonyl (C=O) groups excluding carboxylic acids is 1. The lowest BCUT2D eigenvalue weighted by Gasteiger charge is -2.14. The highest BCUT2D eigenvalue weighted by Crippen LogP contribution is 2.33. The molecule has 190 valence electrons. The van der Waals surface area contributed by atoms with Crippen LogP contribution >= 0.6 is 0 Å². The van der Waals surface area contributed by atoms with E-state index in [0.717, 1.165) is 7.05 Å². The summed E-state index contributed by atoms with van der Waals surface area (Å²) in [5, 5.41) is 4.50. The van der Waals surface area contributed by atoms with Crippen LogP contribution in [-0.4, -0.2) is 33.5 Å². The Kier molecular flexibility index (Phi) is 6.63. The number of aryl methyl sites for hydroxylation is 1. The summed E-state index contributed by atoms with van der Waals surface area (Å²) in [6, 6.07) is 9.55. The zero-order valence-corrected chi connectivity index (χ0v) is 19.5. The lowest BCUT2D eigenvalue weighted by Crippen LogP contribution is -2.40. The van der Waals surface area contributed by atoms with Crippen molar-refractivity contribution in [1.82, 2.24) is 14.3 Å². The Morgan fingerprint density at radius 1 is 1.16 bits per heavy atom. The van der Waals surface area contributed by atoms with Crippen molar-refractivity contribution in [2.75, 3.05) is 13.2 Å². The van der Waals surface area contributed by atoms with Crippen molar-refractivity contribution in [1.29, 1.82) is 0 Å². The Bertz CT molecular complexity index is 1670. The van der Waals surface area contributed by atoms with Gasteiger partial charge in [0.15, 0.2) is 18.8 Å². The minimum absolute atomic E-state index is 0.0411. The lowest BCUT2D eigenvalue weighted by atomic mass is 10.0. The monoisotopic (exact) mass is 513 g/mol. The molecule has 0 N–H and O–H groups in total. The third kappa shape index (κ3) is 4.97. The van der Waals surface area contributed by atoms with Crippen molar-refractivity contribution in [3.8, 4) is 35.0 Å². The van der Waals surface area contributed by atoms with Crippen LogP contribution in [0.3, 0.4) is 0 Å². The average Bonchev–Trinajstić information content (AvgIpc) is 3.26. The first-order valence-corrected chi connectivity index (χ1v) is 10.6. The second-order valence-electron chi connectivity index (χ2n) is 7.88. The molecule has 0 unspecified atom stereocenters. The molecular formula is C25H18F3N3O6. The predicted octanol–water partition coefficient (Wildman–Crippen LogP) is 3.23. The van der Waals surface area contributed by atoms with Crippen molar-refractivity contribution < 1.29 is 32.0 Å². The van der Waals surface area contributed by atoms with Crippen LogP contribution in [0.15, 0.2) is 56.6 Å². The summed E-state index contributed by atoms with van der Waals surface area (Å²) in [5.41, 5.74) is -1.60. The summed E-state index contributed by atoms with van der Waals surface area (Å²) in [5.74, 6) is 1.93. The molecule has 9 nitrogen and oxygen atoms in total. The lowest BCUT2D eigenvalue weighted by molar-refractivity contribution is -0.145. The number of halogens is 3. The first kappa shape index (κ1) is 25.3. The van der Waals surface area contributed by atoms with Gasteiger partial charge in [-0.1, -0.05) is 11.1 Å². The molecule has 0 atom stereocenters. The summed E-state index contributed by atoms with van der Waals surface area (Å²) in [6.45, 7) is 1.26. The molecule has 4 rings (SSSR count). The highest BCUT2D eigenvalue weighted by Gasteiger charge is 2.35.